The van der Waals surface area contributed by atoms with Crippen molar-refractivity contribution in [3.63, 3.8) is 0 Å². The van der Waals surface area contributed by atoms with Gasteiger partial charge in [0.15, 0.2) is 0 Å². The van der Waals surface area contributed by atoms with Gasteiger partial charge in [-0.3, -0.25) is 9.78 Å². The van der Waals surface area contributed by atoms with Gasteiger partial charge in [-0.2, -0.15) is 5.26 Å². The van der Waals surface area contributed by atoms with Gasteiger partial charge in [-0.05, 0) is 49.9 Å². The number of benzene rings is 1. The monoisotopic (exact) mass is 334 g/mol. The van der Waals surface area contributed by atoms with Crippen LogP contribution >= 0.6 is 0 Å². The normalized spacial score (nSPS) is 17.0. The zero-order valence-corrected chi connectivity index (χ0v) is 14.4. The number of nitrogens with one attached hydrogen (secondary N) is 1. The number of nitrogens with zero attached hydrogens (tertiary/aromatic N) is 3. The largest absolute Gasteiger partial charge is 0.368 e. The first-order valence-corrected chi connectivity index (χ1v) is 8.76. The average molecular weight is 334 g/mol. The minimum absolute atomic E-state index is 0.297. The van der Waals surface area contributed by atoms with Crippen molar-refractivity contribution in [3.05, 3.63) is 53.9 Å². The van der Waals surface area contributed by atoms with E-state index in [1.54, 1.807) is 30.5 Å². The lowest BCUT2D eigenvalue weighted by atomic mass is 9.99. The molecule has 1 aliphatic heterocycles. The van der Waals surface area contributed by atoms with Gasteiger partial charge in [0, 0.05) is 24.5 Å². The Morgan fingerprint density at radius 1 is 1.36 bits per heavy atom. The summed E-state index contributed by atoms with van der Waals surface area (Å²) in [5.74, 6) is -0.297. The first-order valence-electron chi connectivity index (χ1n) is 8.76. The van der Waals surface area contributed by atoms with Gasteiger partial charge in [-0.15, -0.1) is 0 Å². The molecule has 3 rings (SSSR count). The van der Waals surface area contributed by atoms with Gasteiger partial charge in [-0.1, -0.05) is 19.1 Å². The molecule has 0 aliphatic carbocycles. The molecule has 1 fully saturated rings. The topological polar surface area (TPSA) is 69.0 Å². The smallest absolute Gasteiger partial charge is 0.274 e. The second-order valence-electron chi connectivity index (χ2n) is 6.26. The number of aromatic nitrogens is 1. The van der Waals surface area contributed by atoms with Gasteiger partial charge in [0.05, 0.1) is 11.3 Å². The second kappa shape index (κ2) is 7.80. The molecule has 1 N–H and O–H groups in total. The first kappa shape index (κ1) is 17.0. The van der Waals surface area contributed by atoms with Gasteiger partial charge in [0.1, 0.15) is 11.8 Å². The van der Waals surface area contributed by atoms with Gasteiger partial charge < -0.3 is 10.2 Å². The molecule has 5 nitrogen and oxygen atoms in total. The minimum Gasteiger partial charge on any atom is -0.368 e. The quantitative estimate of drug-likeness (QED) is 0.918. The van der Waals surface area contributed by atoms with Crippen molar-refractivity contribution >= 4 is 17.3 Å². The lowest BCUT2D eigenvalue weighted by Crippen LogP contribution is -2.39. The Balaban J connectivity index is 1.81. The molecule has 1 aliphatic rings. The van der Waals surface area contributed by atoms with Crippen LogP contribution in [0.3, 0.4) is 0 Å². The fourth-order valence-electron chi connectivity index (χ4n) is 3.36. The molecule has 0 bridgehead atoms. The number of rotatable bonds is 4. The molecule has 1 amide bonds. The Morgan fingerprint density at radius 2 is 2.20 bits per heavy atom. The van der Waals surface area contributed by atoms with Crippen LogP contribution in [0.15, 0.2) is 42.6 Å². The van der Waals surface area contributed by atoms with Crippen molar-refractivity contribution in [2.75, 3.05) is 16.8 Å². The van der Waals surface area contributed by atoms with E-state index in [4.69, 9.17) is 5.26 Å². The van der Waals surface area contributed by atoms with E-state index >= 15 is 0 Å². The van der Waals surface area contributed by atoms with Crippen LogP contribution in [0.25, 0.3) is 0 Å². The summed E-state index contributed by atoms with van der Waals surface area (Å²) >= 11 is 0. The van der Waals surface area contributed by atoms with E-state index in [0.717, 1.165) is 18.7 Å². The number of pyridine rings is 1. The van der Waals surface area contributed by atoms with E-state index in [-0.39, 0.29) is 5.91 Å². The van der Waals surface area contributed by atoms with Crippen LogP contribution in [0.2, 0.25) is 0 Å². The van der Waals surface area contributed by atoms with Crippen LogP contribution in [-0.4, -0.2) is 23.5 Å². The number of amides is 1. The molecule has 0 radical (unpaired) electrons. The predicted octanol–water partition coefficient (Wildman–Crippen LogP) is 3.97. The molecule has 5 heteroatoms. The maximum atomic E-state index is 12.6. The van der Waals surface area contributed by atoms with Crippen LogP contribution in [-0.2, 0) is 0 Å². The SMILES string of the molecule is CCC1CCCCN1c1ccnc(C(=O)Nc2ccccc2C#N)c1. The highest BCUT2D eigenvalue weighted by Crippen LogP contribution is 2.26. The standard InChI is InChI=1S/C20H22N4O/c1-2-16-8-5-6-12-24(16)17-10-11-22-19(13-17)20(25)23-18-9-4-3-7-15(18)14-21/h3-4,7,9-11,13,16H,2,5-6,8,12H2,1H3,(H,23,25). The molecular weight excluding hydrogens is 312 g/mol. The highest BCUT2D eigenvalue weighted by molar-refractivity contribution is 6.04. The van der Waals surface area contributed by atoms with Crippen molar-refractivity contribution < 1.29 is 4.79 Å². The molecule has 1 saturated heterocycles. The summed E-state index contributed by atoms with van der Waals surface area (Å²) in [6.07, 6.45) is 6.41. The lowest BCUT2D eigenvalue weighted by Gasteiger charge is -2.37. The number of piperidine rings is 1. The van der Waals surface area contributed by atoms with Crippen molar-refractivity contribution in [1.29, 1.82) is 5.26 Å². The Labute approximate surface area is 148 Å². The fraction of sp³-hybridized carbons (Fsp3) is 0.350. The van der Waals surface area contributed by atoms with Crippen molar-refractivity contribution in [1.82, 2.24) is 4.98 Å². The highest BCUT2D eigenvalue weighted by atomic mass is 16.1. The van der Waals surface area contributed by atoms with Crippen LogP contribution < -0.4 is 10.2 Å². The number of nitriles is 1. The molecule has 1 aromatic heterocycles. The summed E-state index contributed by atoms with van der Waals surface area (Å²) in [5, 5.41) is 11.9. The van der Waals surface area contributed by atoms with Crippen molar-refractivity contribution in [2.45, 2.75) is 38.6 Å². The summed E-state index contributed by atoms with van der Waals surface area (Å²) in [6.45, 7) is 3.22. The Bertz CT molecular complexity index is 796. The third kappa shape index (κ3) is 3.80. The third-order valence-corrected chi connectivity index (χ3v) is 4.70. The average Bonchev–Trinajstić information content (AvgIpc) is 2.68. The number of hydrogen-bond acceptors (Lipinski definition) is 4. The number of hydrogen-bond donors (Lipinski definition) is 1. The summed E-state index contributed by atoms with van der Waals surface area (Å²) in [6, 6.07) is 13.4. The highest BCUT2D eigenvalue weighted by Gasteiger charge is 2.22. The van der Waals surface area contributed by atoms with E-state index in [2.05, 4.69) is 28.2 Å². The molecule has 2 aromatic rings. The molecule has 1 atom stereocenters. The maximum absolute atomic E-state index is 12.6. The van der Waals surface area contributed by atoms with Crippen molar-refractivity contribution in [2.24, 2.45) is 0 Å². The number of anilines is 2. The summed E-state index contributed by atoms with van der Waals surface area (Å²) in [5.41, 5.74) is 2.35. The van der Waals surface area contributed by atoms with Gasteiger partial charge in [0.25, 0.3) is 5.91 Å². The molecular formula is C20H22N4O. The molecule has 1 aromatic carbocycles. The molecule has 0 spiro atoms. The summed E-state index contributed by atoms with van der Waals surface area (Å²) in [7, 11) is 0. The third-order valence-electron chi connectivity index (χ3n) is 4.70. The van der Waals surface area contributed by atoms with E-state index < -0.39 is 0 Å². The fourth-order valence-corrected chi connectivity index (χ4v) is 3.36. The maximum Gasteiger partial charge on any atom is 0.274 e. The predicted molar refractivity (Wildman–Crippen MR) is 98.6 cm³/mol. The number of para-hydroxylation sites is 1. The van der Waals surface area contributed by atoms with Crippen molar-refractivity contribution in [3.8, 4) is 6.07 Å². The molecule has 128 valence electrons. The molecule has 0 saturated carbocycles. The van der Waals surface area contributed by atoms with Gasteiger partial charge in [0.2, 0.25) is 0 Å². The molecule has 1 unspecified atom stereocenters. The first-order chi connectivity index (χ1) is 12.2. The Hall–Kier alpha value is -2.87. The van der Waals surface area contributed by atoms with E-state index in [1.807, 2.05) is 12.1 Å². The van der Waals surface area contributed by atoms with Gasteiger partial charge in [-0.25, -0.2) is 0 Å². The van der Waals surface area contributed by atoms with Crippen LogP contribution in [0, 0.1) is 11.3 Å². The lowest BCUT2D eigenvalue weighted by molar-refractivity contribution is 0.102. The van der Waals surface area contributed by atoms with Crippen LogP contribution in [0.4, 0.5) is 11.4 Å². The zero-order valence-electron chi connectivity index (χ0n) is 14.4. The van der Waals surface area contributed by atoms with E-state index in [1.165, 1.54) is 19.3 Å². The Morgan fingerprint density at radius 3 is 3.00 bits per heavy atom. The zero-order chi connectivity index (χ0) is 17.6. The number of carbonyl (C=O) groups is 1. The second-order valence-corrected chi connectivity index (χ2v) is 6.26. The van der Waals surface area contributed by atoms with Crippen LogP contribution in [0.1, 0.15) is 48.7 Å². The summed E-state index contributed by atoms with van der Waals surface area (Å²) in [4.78, 5) is 19.2. The number of carbonyl (C=O) groups excluding carboxylic acids is 1. The van der Waals surface area contributed by atoms with E-state index in [0.29, 0.717) is 23.0 Å². The molecule has 2 heterocycles. The van der Waals surface area contributed by atoms with Gasteiger partial charge >= 0.3 is 0 Å². The minimum atomic E-state index is -0.297. The van der Waals surface area contributed by atoms with E-state index in [9.17, 15) is 4.79 Å². The summed E-state index contributed by atoms with van der Waals surface area (Å²) < 4.78 is 0. The Kier molecular flexibility index (Phi) is 5.30. The molecule has 25 heavy (non-hydrogen) atoms. The van der Waals surface area contributed by atoms with Crippen LogP contribution in [0.5, 0.6) is 0 Å².